The fourth-order valence-corrected chi connectivity index (χ4v) is 3.70. The van der Waals surface area contributed by atoms with Gasteiger partial charge < -0.3 is 14.0 Å². The van der Waals surface area contributed by atoms with E-state index in [1.807, 2.05) is 49.0 Å². The number of methoxy groups -OCH3 is 1. The average Bonchev–Trinajstić information content (AvgIpc) is 3.18. The normalized spacial score (nSPS) is 11.1. The minimum absolute atomic E-state index is 0.0585. The molecule has 3 heterocycles. The molecule has 0 amide bonds. The number of pyridine rings is 2. The maximum absolute atomic E-state index is 12.4. The minimum atomic E-state index is -0.208. The number of ketones is 1. The molecule has 0 saturated heterocycles. The van der Waals surface area contributed by atoms with Gasteiger partial charge in [-0.3, -0.25) is 9.78 Å². The third-order valence-electron chi connectivity index (χ3n) is 4.95. The Balaban J connectivity index is 1.74. The molecule has 0 saturated carbocycles. The van der Waals surface area contributed by atoms with E-state index in [0.717, 1.165) is 28.0 Å². The number of hydrogen-bond donors (Lipinski definition) is 0. The lowest BCUT2D eigenvalue weighted by Gasteiger charge is -2.14. The number of benzene rings is 1. The molecule has 0 spiro atoms. The Labute approximate surface area is 184 Å². The molecule has 158 valence electrons. The summed E-state index contributed by atoms with van der Waals surface area (Å²) >= 11 is 6.33. The van der Waals surface area contributed by atoms with Gasteiger partial charge in [-0.15, -0.1) is 0 Å². The second-order valence-electron chi connectivity index (χ2n) is 7.12. The van der Waals surface area contributed by atoms with E-state index in [2.05, 4.69) is 9.97 Å². The second-order valence-corrected chi connectivity index (χ2v) is 7.52. The summed E-state index contributed by atoms with van der Waals surface area (Å²) in [5.74, 6) is 1.23. The van der Waals surface area contributed by atoms with Gasteiger partial charge >= 0.3 is 0 Å². The summed E-state index contributed by atoms with van der Waals surface area (Å²) < 4.78 is 13.0. The van der Waals surface area contributed by atoms with Crippen LogP contribution in [0.3, 0.4) is 0 Å². The topological polar surface area (TPSA) is 79.1 Å². The molecule has 3 aromatic heterocycles. The number of rotatable bonds is 7. The van der Waals surface area contributed by atoms with Crippen molar-refractivity contribution in [2.45, 2.75) is 13.5 Å². The van der Waals surface area contributed by atoms with Crippen LogP contribution in [-0.4, -0.2) is 39.0 Å². The number of Topliss-reactive ketones (excluding diaryl/α,β-unsaturated/α-hetero) is 1. The van der Waals surface area contributed by atoms with Gasteiger partial charge in [0.1, 0.15) is 30.3 Å². The van der Waals surface area contributed by atoms with Gasteiger partial charge in [-0.05, 0) is 19.1 Å². The average molecular weight is 437 g/mol. The highest BCUT2D eigenvalue weighted by atomic mass is 35.5. The van der Waals surface area contributed by atoms with Gasteiger partial charge in [-0.25, -0.2) is 9.97 Å². The summed E-state index contributed by atoms with van der Waals surface area (Å²) in [4.78, 5) is 25.6. The number of aryl methyl sites for hydroxylation is 2. The lowest BCUT2D eigenvalue weighted by Crippen LogP contribution is -2.12. The molecule has 0 N–H and O–H groups in total. The molecule has 0 aliphatic carbocycles. The third kappa shape index (κ3) is 4.15. The molecule has 0 aliphatic rings. The molecule has 0 radical (unpaired) electrons. The first kappa shape index (κ1) is 21.0. The van der Waals surface area contributed by atoms with Gasteiger partial charge in [-0.1, -0.05) is 23.7 Å². The monoisotopic (exact) mass is 436 g/mol. The number of para-hydroxylation sites is 1. The summed E-state index contributed by atoms with van der Waals surface area (Å²) in [5, 5.41) is 1.29. The molecule has 0 unspecified atom stereocenters. The molecule has 0 fully saturated rings. The molecule has 0 aliphatic heterocycles. The van der Waals surface area contributed by atoms with Crippen LogP contribution in [0.4, 0.5) is 0 Å². The third-order valence-corrected chi connectivity index (χ3v) is 5.27. The van der Waals surface area contributed by atoms with Crippen molar-refractivity contribution < 1.29 is 14.3 Å². The number of hydrogen-bond acceptors (Lipinski definition) is 6. The second kappa shape index (κ2) is 8.83. The van der Waals surface area contributed by atoms with Gasteiger partial charge in [-0.2, -0.15) is 0 Å². The van der Waals surface area contributed by atoms with Crippen LogP contribution in [0, 0.1) is 6.92 Å². The number of imidazole rings is 1. The Morgan fingerprint density at radius 1 is 1.26 bits per heavy atom. The largest absolute Gasteiger partial charge is 0.487 e. The fraction of sp³-hybridized carbons (Fsp3) is 0.217. The number of fused-ring (bicyclic) bond motifs is 1. The Morgan fingerprint density at radius 2 is 2.10 bits per heavy atom. The number of carbonyl (C=O) groups excluding carboxylic acids is 1. The molecule has 0 atom stereocenters. The van der Waals surface area contributed by atoms with Crippen molar-refractivity contribution in [1.82, 2.24) is 19.5 Å². The first-order chi connectivity index (χ1) is 15.0. The number of nitrogens with zero attached hydrogens (tertiary/aromatic N) is 4. The number of ether oxygens (including phenoxy) is 2. The Morgan fingerprint density at radius 3 is 2.84 bits per heavy atom. The first-order valence-corrected chi connectivity index (χ1v) is 10.0. The minimum Gasteiger partial charge on any atom is -0.487 e. The molecule has 8 heteroatoms. The summed E-state index contributed by atoms with van der Waals surface area (Å²) in [6.07, 6.45) is 6.65. The lowest BCUT2D eigenvalue weighted by atomic mass is 10.1. The highest BCUT2D eigenvalue weighted by Gasteiger charge is 2.17. The molecule has 1 aromatic carbocycles. The van der Waals surface area contributed by atoms with Crippen molar-refractivity contribution in [1.29, 1.82) is 0 Å². The summed E-state index contributed by atoms with van der Waals surface area (Å²) in [6.45, 7) is 1.97. The zero-order chi connectivity index (χ0) is 22.0. The summed E-state index contributed by atoms with van der Waals surface area (Å²) in [5.41, 5.74) is 3.48. The fourth-order valence-electron chi connectivity index (χ4n) is 3.48. The quantitative estimate of drug-likeness (QED) is 0.399. The molecule has 4 aromatic rings. The van der Waals surface area contributed by atoms with E-state index in [-0.39, 0.29) is 19.0 Å². The first-order valence-electron chi connectivity index (χ1n) is 9.65. The van der Waals surface area contributed by atoms with Crippen LogP contribution in [0.2, 0.25) is 5.02 Å². The molecule has 0 bridgehead atoms. The standard InChI is InChI=1S/C23H21ClN4O3/c1-14-9-16(23-26-7-8-28(23)2)15-5-4-6-21(22(15)27-14)31-12-18-17(20(29)13-30-3)10-25-11-19(18)24/h4-11H,12-13H2,1-3H3. The van der Waals surface area contributed by atoms with Crippen molar-refractivity contribution in [2.24, 2.45) is 7.05 Å². The van der Waals surface area contributed by atoms with Crippen LogP contribution in [0.15, 0.2) is 49.1 Å². The number of aromatic nitrogens is 4. The maximum Gasteiger partial charge on any atom is 0.190 e. The van der Waals surface area contributed by atoms with Crippen molar-refractivity contribution in [3.05, 3.63) is 70.9 Å². The zero-order valence-electron chi connectivity index (χ0n) is 17.4. The molecule has 31 heavy (non-hydrogen) atoms. The predicted molar refractivity (Wildman–Crippen MR) is 118 cm³/mol. The van der Waals surface area contributed by atoms with E-state index in [1.165, 1.54) is 19.5 Å². The van der Waals surface area contributed by atoms with Gasteiger partial charge in [0.15, 0.2) is 5.78 Å². The Bertz CT molecular complexity index is 1270. The van der Waals surface area contributed by atoms with Crippen LogP contribution >= 0.6 is 11.6 Å². The van der Waals surface area contributed by atoms with Crippen molar-refractivity contribution in [3.8, 4) is 17.1 Å². The summed E-state index contributed by atoms with van der Waals surface area (Å²) in [7, 11) is 3.42. The van der Waals surface area contributed by atoms with Crippen LogP contribution in [0.25, 0.3) is 22.3 Å². The Hall–Kier alpha value is -3.29. The molecule has 7 nitrogen and oxygen atoms in total. The molecular weight excluding hydrogens is 416 g/mol. The van der Waals surface area contributed by atoms with Gasteiger partial charge in [0.2, 0.25) is 0 Å². The van der Waals surface area contributed by atoms with Crippen LogP contribution in [0.5, 0.6) is 5.75 Å². The maximum atomic E-state index is 12.4. The van der Waals surface area contributed by atoms with Crippen molar-refractivity contribution in [2.75, 3.05) is 13.7 Å². The number of halogens is 1. The molecular formula is C23H21ClN4O3. The highest BCUT2D eigenvalue weighted by molar-refractivity contribution is 6.31. The van der Waals surface area contributed by atoms with Gasteiger partial charge in [0.05, 0.1) is 5.02 Å². The number of carbonyl (C=O) groups is 1. The van der Waals surface area contributed by atoms with E-state index in [4.69, 9.17) is 26.1 Å². The van der Waals surface area contributed by atoms with Crippen LogP contribution < -0.4 is 4.74 Å². The van der Waals surface area contributed by atoms with Gasteiger partial charge in [0, 0.05) is 66.7 Å². The van der Waals surface area contributed by atoms with E-state index in [0.29, 0.717) is 21.9 Å². The Kier molecular flexibility index (Phi) is 5.97. The zero-order valence-corrected chi connectivity index (χ0v) is 18.2. The van der Waals surface area contributed by atoms with E-state index in [1.54, 1.807) is 6.20 Å². The van der Waals surface area contributed by atoms with E-state index >= 15 is 0 Å². The van der Waals surface area contributed by atoms with Crippen LogP contribution in [0.1, 0.15) is 21.6 Å². The van der Waals surface area contributed by atoms with Crippen LogP contribution in [-0.2, 0) is 18.4 Å². The van der Waals surface area contributed by atoms with Gasteiger partial charge in [0.25, 0.3) is 0 Å². The smallest absolute Gasteiger partial charge is 0.190 e. The van der Waals surface area contributed by atoms with E-state index < -0.39 is 0 Å². The predicted octanol–water partition coefficient (Wildman–Crippen LogP) is 4.40. The lowest BCUT2D eigenvalue weighted by molar-refractivity contribution is 0.0845. The molecule has 4 rings (SSSR count). The van der Waals surface area contributed by atoms with Crippen molar-refractivity contribution >= 4 is 28.3 Å². The highest BCUT2D eigenvalue weighted by Crippen LogP contribution is 2.33. The summed E-state index contributed by atoms with van der Waals surface area (Å²) in [6, 6.07) is 7.76. The van der Waals surface area contributed by atoms with Crippen molar-refractivity contribution in [3.63, 3.8) is 0 Å². The van der Waals surface area contributed by atoms with E-state index in [9.17, 15) is 4.79 Å². The SMILES string of the molecule is COCC(=O)c1cncc(Cl)c1COc1cccc2c(-c3nccn3C)cc(C)nc12.